The molecule has 88 valence electrons. The fourth-order valence-corrected chi connectivity index (χ4v) is 2.00. The zero-order valence-electron chi connectivity index (χ0n) is 9.11. The Morgan fingerprint density at radius 2 is 2.12 bits per heavy atom. The smallest absolute Gasteiger partial charge is 0.190 e. The topological polar surface area (TPSA) is 89.3 Å². The number of aromatic nitrogens is 3. The van der Waals surface area contributed by atoms with Crippen molar-refractivity contribution in [2.45, 2.75) is 10.1 Å². The molecular formula is C10H11N5OS. The first-order valence-electron chi connectivity index (χ1n) is 4.80. The first-order valence-corrected chi connectivity index (χ1v) is 5.62. The minimum Gasteiger partial charge on any atom is -0.409 e. The van der Waals surface area contributed by atoms with E-state index >= 15 is 0 Å². The Morgan fingerprint density at radius 1 is 1.41 bits per heavy atom. The second-order valence-electron chi connectivity index (χ2n) is 3.28. The molecule has 0 saturated heterocycles. The quantitative estimate of drug-likeness (QED) is 0.367. The van der Waals surface area contributed by atoms with Crippen molar-refractivity contribution in [3.05, 3.63) is 36.2 Å². The van der Waals surface area contributed by atoms with E-state index in [2.05, 4.69) is 15.2 Å². The van der Waals surface area contributed by atoms with Gasteiger partial charge in [0.1, 0.15) is 6.33 Å². The van der Waals surface area contributed by atoms with Gasteiger partial charge in [-0.05, 0) is 12.1 Å². The molecule has 0 unspecified atom stereocenters. The van der Waals surface area contributed by atoms with Gasteiger partial charge >= 0.3 is 0 Å². The highest BCUT2D eigenvalue weighted by atomic mass is 32.2. The summed E-state index contributed by atoms with van der Waals surface area (Å²) in [5.41, 5.74) is 6.15. The molecule has 0 aliphatic carbocycles. The van der Waals surface area contributed by atoms with Crippen LogP contribution in [-0.4, -0.2) is 25.8 Å². The monoisotopic (exact) mass is 249 g/mol. The van der Waals surface area contributed by atoms with E-state index in [0.29, 0.717) is 5.56 Å². The van der Waals surface area contributed by atoms with Crippen molar-refractivity contribution in [1.82, 2.24) is 14.8 Å². The minimum absolute atomic E-state index is 0.0974. The summed E-state index contributed by atoms with van der Waals surface area (Å²) in [4.78, 5) is 5.12. The van der Waals surface area contributed by atoms with Crippen LogP contribution in [0.25, 0.3) is 0 Å². The van der Waals surface area contributed by atoms with Gasteiger partial charge in [0.15, 0.2) is 11.0 Å². The molecule has 0 aliphatic heterocycles. The Kier molecular flexibility index (Phi) is 3.29. The molecule has 17 heavy (non-hydrogen) atoms. The molecule has 3 N–H and O–H groups in total. The second-order valence-corrected chi connectivity index (χ2v) is 4.32. The molecule has 0 saturated carbocycles. The summed E-state index contributed by atoms with van der Waals surface area (Å²) in [6, 6.07) is 7.33. The highest BCUT2D eigenvalue weighted by Crippen LogP contribution is 2.25. The second kappa shape index (κ2) is 4.88. The molecular weight excluding hydrogens is 238 g/mol. The van der Waals surface area contributed by atoms with Gasteiger partial charge in [-0.3, -0.25) is 0 Å². The van der Waals surface area contributed by atoms with Gasteiger partial charge in [0, 0.05) is 17.5 Å². The Balaban J connectivity index is 2.17. The van der Waals surface area contributed by atoms with Gasteiger partial charge in [0.25, 0.3) is 0 Å². The summed E-state index contributed by atoms with van der Waals surface area (Å²) in [7, 11) is 1.83. The highest BCUT2D eigenvalue weighted by Gasteiger charge is 2.04. The van der Waals surface area contributed by atoms with Crippen LogP contribution in [-0.2, 0) is 7.05 Å². The standard InChI is InChI=1S/C10H11N5OS/c1-15-10(12-6-13-15)17-8-4-2-7(3-5-8)9(11)14-16/h2-6,16H,1H3,(H2,11,14). The summed E-state index contributed by atoms with van der Waals surface area (Å²) in [5, 5.41) is 16.3. The van der Waals surface area contributed by atoms with Gasteiger partial charge in [0.05, 0.1) is 0 Å². The first kappa shape index (κ1) is 11.5. The average Bonchev–Trinajstić information content (AvgIpc) is 2.75. The van der Waals surface area contributed by atoms with E-state index in [4.69, 9.17) is 10.9 Å². The van der Waals surface area contributed by atoms with Crippen LogP contribution >= 0.6 is 11.8 Å². The predicted molar refractivity (Wildman–Crippen MR) is 64.1 cm³/mol. The minimum atomic E-state index is 0.0974. The molecule has 6 nitrogen and oxygen atoms in total. The van der Waals surface area contributed by atoms with Crippen LogP contribution in [0.2, 0.25) is 0 Å². The summed E-state index contributed by atoms with van der Waals surface area (Å²) < 4.78 is 1.70. The van der Waals surface area contributed by atoms with E-state index in [9.17, 15) is 0 Å². The largest absolute Gasteiger partial charge is 0.409 e. The summed E-state index contributed by atoms with van der Waals surface area (Å²) in [5.74, 6) is 0.0974. The molecule has 0 fully saturated rings. The third kappa shape index (κ3) is 2.56. The third-order valence-corrected chi connectivity index (χ3v) is 3.20. The molecule has 2 aromatic rings. The number of aryl methyl sites for hydroxylation is 1. The third-order valence-electron chi connectivity index (χ3n) is 2.14. The van der Waals surface area contributed by atoms with E-state index in [1.54, 1.807) is 16.8 Å². The molecule has 0 amide bonds. The summed E-state index contributed by atoms with van der Waals surface area (Å²) in [6.45, 7) is 0. The van der Waals surface area contributed by atoms with Crippen molar-refractivity contribution in [3.63, 3.8) is 0 Å². The number of rotatable bonds is 3. The molecule has 0 atom stereocenters. The molecule has 0 bridgehead atoms. The zero-order chi connectivity index (χ0) is 12.3. The summed E-state index contributed by atoms with van der Waals surface area (Å²) in [6.07, 6.45) is 1.51. The van der Waals surface area contributed by atoms with Crippen molar-refractivity contribution in [3.8, 4) is 0 Å². The number of amidine groups is 1. The van der Waals surface area contributed by atoms with Crippen molar-refractivity contribution in [1.29, 1.82) is 0 Å². The van der Waals surface area contributed by atoms with Gasteiger partial charge < -0.3 is 10.9 Å². The Morgan fingerprint density at radius 3 is 2.65 bits per heavy atom. The lowest BCUT2D eigenvalue weighted by molar-refractivity contribution is 0.318. The van der Waals surface area contributed by atoms with Crippen molar-refractivity contribution in [2.75, 3.05) is 0 Å². The maximum atomic E-state index is 8.54. The SMILES string of the molecule is Cn1ncnc1Sc1ccc(/C(N)=N/O)cc1. The van der Waals surface area contributed by atoms with Crippen LogP contribution in [0.3, 0.4) is 0 Å². The van der Waals surface area contributed by atoms with Gasteiger partial charge in [-0.15, -0.1) is 0 Å². The van der Waals surface area contributed by atoms with Crippen LogP contribution in [0.4, 0.5) is 0 Å². The lowest BCUT2D eigenvalue weighted by atomic mass is 10.2. The fourth-order valence-electron chi connectivity index (χ4n) is 1.23. The number of hydrogen-bond acceptors (Lipinski definition) is 5. The maximum absolute atomic E-state index is 8.54. The van der Waals surface area contributed by atoms with E-state index in [1.807, 2.05) is 19.2 Å². The van der Waals surface area contributed by atoms with Crippen LogP contribution in [0.1, 0.15) is 5.56 Å². The number of benzene rings is 1. The molecule has 0 aliphatic rings. The number of nitrogens with two attached hydrogens (primary N) is 1. The van der Waals surface area contributed by atoms with E-state index < -0.39 is 0 Å². The Bertz CT molecular complexity index is 534. The van der Waals surface area contributed by atoms with Gasteiger partial charge in [0.2, 0.25) is 0 Å². The van der Waals surface area contributed by atoms with Crippen molar-refractivity contribution < 1.29 is 5.21 Å². The normalized spacial score (nSPS) is 11.7. The molecule has 1 aromatic carbocycles. The molecule has 0 radical (unpaired) electrons. The lowest BCUT2D eigenvalue weighted by Crippen LogP contribution is -2.12. The van der Waals surface area contributed by atoms with Crippen LogP contribution in [0.15, 0.2) is 45.8 Å². The molecule has 7 heteroatoms. The summed E-state index contributed by atoms with van der Waals surface area (Å²) >= 11 is 1.50. The number of hydrogen-bond donors (Lipinski definition) is 2. The lowest BCUT2D eigenvalue weighted by Gasteiger charge is -2.02. The first-order chi connectivity index (χ1) is 8.20. The van der Waals surface area contributed by atoms with Crippen LogP contribution < -0.4 is 5.73 Å². The molecule has 1 aromatic heterocycles. The van der Waals surface area contributed by atoms with Gasteiger partial charge in [-0.25, -0.2) is 9.67 Å². The fraction of sp³-hybridized carbons (Fsp3) is 0.100. The average molecular weight is 249 g/mol. The molecule has 0 spiro atoms. The molecule has 2 rings (SSSR count). The van der Waals surface area contributed by atoms with E-state index in [0.717, 1.165) is 10.1 Å². The number of nitrogens with zero attached hydrogens (tertiary/aromatic N) is 4. The van der Waals surface area contributed by atoms with Crippen molar-refractivity contribution >= 4 is 17.6 Å². The Labute approximate surface area is 102 Å². The van der Waals surface area contributed by atoms with Crippen LogP contribution in [0, 0.1) is 0 Å². The molecule has 1 heterocycles. The highest BCUT2D eigenvalue weighted by molar-refractivity contribution is 7.99. The van der Waals surface area contributed by atoms with E-state index in [1.165, 1.54) is 18.1 Å². The predicted octanol–water partition coefficient (Wildman–Crippen LogP) is 1.06. The van der Waals surface area contributed by atoms with E-state index in [-0.39, 0.29) is 5.84 Å². The Hall–Kier alpha value is -2.02. The van der Waals surface area contributed by atoms with Crippen LogP contribution in [0.5, 0.6) is 0 Å². The zero-order valence-corrected chi connectivity index (χ0v) is 9.92. The van der Waals surface area contributed by atoms with Gasteiger partial charge in [-0.1, -0.05) is 29.1 Å². The van der Waals surface area contributed by atoms with Crippen molar-refractivity contribution in [2.24, 2.45) is 17.9 Å². The number of oxime groups is 1. The maximum Gasteiger partial charge on any atom is 0.190 e. The van der Waals surface area contributed by atoms with Gasteiger partial charge in [-0.2, -0.15) is 5.10 Å².